The van der Waals surface area contributed by atoms with Gasteiger partial charge in [0.1, 0.15) is 0 Å². The van der Waals surface area contributed by atoms with Gasteiger partial charge >= 0.3 is 0 Å². The van der Waals surface area contributed by atoms with Crippen molar-refractivity contribution in [2.75, 3.05) is 5.88 Å². The molecule has 4 nitrogen and oxygen atoms in total. The van der Waals surface area contributed by atoms with Crippen LogP contribution in [0.1, 0.15) is 5.56 Å². The molecular formula is C9H11ClN4. The minimum atomic E-state index is -0.0800. The molecule has 0 aromatic heterocycles. The van der Waals surface area contributed by atoms with Crippen molar-refractivity contribution in [1.82, 2.24) is 0 Å². The molecule has 0 spiro atoms. The topological polar surface area (TPSA) is 76.8 Å². The number of nitrogens with zero attached hydrogens (tertiary/aromatic N) is 2. The van der Waals surface area contributed by atoms with Crippen molar-refractivity contribution in [2.45, 2.75) is 0 Å². The molecule has 1 rings (SSSR count). The van der Waals surface area contributed by atoms with Gasteiger partial charge in [0, 0.05) is 0 Å². The number of nitrogens with two attached hydrogens (primary N) is 2. The summed E-state index contributed by atoms with van der Waals surface area (Å²) < 4.78 is 0. The van der Waals surface area contributed by atoms with E-state index in [2.05, 4.69) is 10.2 Å². The fraction of sp³-hybridized carbons (Fsp3) is 0.111. The Balaban J connectivity index is 2.93. The third-order valence-corrected chi connectivity index (χ3v) is 1.77. The van der Waals surface area contributed by atoms with Crippen molar-refractivity contribution in [1.29, 1.82) is 0 Å². The van der Waals surface area contributed by atoms with Gasteiger partial charge in [0.15, 0.2) is 0 Å². The molecule has 0 saturated heterocycles. The zero-order valence-electron chi connectivity index (χ0n) is 7.52. The average molecular weight is 211 g/mol. The van der Waals surface area contributed by atoms with Crippen LogP contribution in [0.3, 0.4) is 0 Å². The Morgan fingerprint density at radius 2 is 1.79 bits per heavy atom. The van der Waals surface area contributed by atoms with Gasteiger partial charge in [-0.2, -0.15) is 5.10 Å². The lowest BCUT2D eigenvalue weighted by Crippen LogP contribution is -2.22. The molecule has 0 saturated carbocycles. The van der Waals surface area contributed by atoms with Crippen molar-refractivity contribution >= 4 is 23.3 Å². The highest BCUT2D eigenvalue weighted by molar-refractivity contribution is 6.31. The van der Waals surface area contributed by atoms with Crippen LogP contribution in [0.4, 0.5) is 0 Å². The van der Waals surface area contributed by atoms with E-state index in [1.54, 1.807) is 0 Å². The van der Waals surface area contributed by atoms with Crippen molar-refractivity contribution in [3.05, 3.63) is 35.9 Å². The lowest BCUT2D eigenvalue weighted by Gasteiger charge is -1.99. The lowest BCUT2D eigenvalue weighted by atomic mass is 10.1. The smallest absolute Gasteiger partial charge is 0.211 e. The van der Waals surface area contributed by atoms with Crippen LogP contribution in [0.5, 0.6) is 0 Å². The monoisotopic (exact) mass is 210 g/mol. The molecule has 74 valence electrons. The molecule has 4 N–H and O–H groups in total. The van der Waals surface area contributed by atoms with Crippen LogP contribution in [-0.4, -0.2) is 17.6 Å². The minimum absolute atomic E-state index is 0.0800. The molecule has 1 aromatic carbocycles. The van der Waals surface area contributed by atoms with Gasteiger partial charge in [-0.25, -0.2) is 0 Å². The molecule has 14 heavy (non-hydrogen) atoms. The van der Waals surface area contributed by atoms with Crippen molar-refractivity contribution < 1.29 is 0 Å². The number of halogens is 1. The first-order chi connectivity index (χ1) is 6.74. The van der Waals surface area contributed by atoms with E-state index in [1.165, 1.54) is 0 Å². The first kappa shape index (κ1) is 10.5. The maximum absolute atomic E-state index is 5.70. The quantitative estimate of drug-likeness (QED) is 0.337. The van der Waals surface area contributed by atoms with Gasteiger partial charge in [-0.1, -0.05) is 30.3 Å². The summed E-state index contributed by atoms with van der Waals surface area (Å²) in [7, 11) is 0. The Morgan fingerprint density at radius 3 is 2.29 bits per heavy atom. The van der Waals surface area contributed by atoms with Gasteiger partial charge < -0.3 is 11.5 Å². The summed E-state index contributed by atoms with van der Waals surface area (Å²) in [4.78, 5) is 0. The van der Waals surface area contributed by atoms with Crippen LogP contribution in [0.15, 0.2) is 40.5 Å². The molecule has 0 aliphatic carbocycles. The second-order valence-corrected chi connectivity index (χ2v) is 2.84. The zero-order chi connectivity index (χ0) is 10.4. The molecule has 0 aliphatic heterocycles. The highest BCUT2D eigenvalue weighted by Gasteiger charge is 2.00. The predicted octanol–water partition coefficient (Wildman–Crippen LogP) is 0.903. The molecular weight excluding hydrogens is 200 g/mol. The molecule has 0 bridgehead atoms. The molecule has 0 unspecified atom stereocenters. The van der Waals surface area contributed by atoms with Gasteiger partial charge in [0.25, 0.3) is 0 Å². The van der Waals surface area contributed by atoms with Crippen LogP contribution in [0.25, 0.3) is 0 Å². The van der Waals surface area contributed by atoms with E-state index in [0.29, 0.717) is 5.71 Å². The van der Waals surface area contributed by atoms with E-state index in [4.69, 9.17) is 23.1 Å². The standard InChI is InChI=1S/C9H11ClN4/c10-6-8(13-14-9(11)12)7-4-2-1-3-5-7/h1-5H,6H2,(H4,11,12,14)/b13-8+. The molecule has 0 atom stereocenters. The van der Waals surface area contributed by atoms with E-state index >= 15 is 0 Å². The van der Waals surface area contributed by atoms with Gasteiger partial charge in [-0.3, -0.25) is 0 Å². The second-order valence-electron chi connectivity index (χ2n) is 2.57. The first-order valence-corrected chi connectivity index (χ1v) is 4.54. The summed E-state index contributed by atoms with van der Waals surface area (Å²) in [5.74, 6) is 0.185. The minimum Gasteiger partial charge on any atom is -0.369 e. The number of hydrogen-bond acceptors (Lipinski definition) is 2. The van der Waals surface area contributed by atoms with E-state index in [-0.39, 0.29) is 11.8 Å². The van der Waals surface area contributed by atoms with Crippen LogP contribution >= 0.6 is 11.6 Å². The predicted molar refractivity (Wildman–Crippen MR) is 59.5 cm³/mol. The lowest BCUT2D eigenvalue weighted by molar-refractivity contribution is 1.20. The maximum Gasteiger partial charge on any atom is 0.211 e. The van der Waals surface area contributed by atoms with Crippen LogP contribution in [0.2, 0.25) is 0 Å². The SMILES string of the molecule is NC(N)=N/N=C(\CCl)c1ccccc1. The molecule has 0 aliphatic rings. The van der Waals surface area contributed by atoms with Gasteiger partial charge in [0.2, 0.25) is 5.96 Å². The summed E-state index contributed by atoms with van der Waals surface area (Å²) in [6.45, 7) is 0. The maximum atomic E-state index is 5.70. The Bertz CT molecular complexity index is 341. The normalized spacial score (nSPS) is 11.1. The summed E-state index contributed by atoms with van der Waals surface area (Å²) >= 11 is 5.70. The number of benzene rings is 1. The number of hydrogen-bond donors (Lipinski definition) is 2. The average Bonchev–Trinajstić information content (AvgIpc) is 2.20. The van der Waals surface area contributed by atoms with Crippen molar-refractivity contribution in [2.24, 2.45) is 21.7 Å². The molecule has 5 heteroatoms. The van der Waals surface area contributed by atoms with Gasteiger partial charge in [-0.15, -0.1) is 16.7 Å². The fourth-order valence-corrected chi connectivity index (χ4v) is 1.12. The van der Waals surface area contributed by atoms with E-state index < -0.39 is 0 Å². The summed E-state index contributed by atoms with van der Waals surface area (Å²) in [6, 6.07) is 9.49. The molecule has 0 amide bonds. The van der Waals surface area contributed by atoms with Gasteiger partial charge in [0.05, 0.1) is 11.6 Å². The highest BCUT2D eigenvalue weighted by Crippen LogP contribution is 2.03. The molecule has 0 fully saturated rings. The summed E-state index contributed by atoms with van der Waals surface area (Å²) in [5, 5.41) is 7.38. The Morgan fingerprint density at radius 1 is 1.14 bits per heavy atom. The first-order valence-electron chi connectivity index (χ1n) is 4.01. The highest BCUT2D eigenvalue weighted by atomic mass is 35.5. The Labute approximate surface area is 87.3 Å². The fourth-order valence-electron chi connectivity index (χ4n) is 0.910. The van der Waals surface area contributed by atoms with E-state index in [0.717, 1.165) is 5.56 Å². The van der Waals surface area contributed by atoms with E-state index in [9.17, 15) is 0 Å². The van der Waals surface area contributed by atoms with E-state index in [1.807, 2.05) is 30.3 Å². The van der Waals surface area contributed by atoms with Crippen molar-refractivity contribution in [3.63, 3.8) is 0 Å². The Kier molecular flexibility index (Phi) is 3.94. The number of guanidine groups is 1. The largest absolute Gasteiger partial charge is 0.369 e. The van der Waals surface area contributed by atoms with Crippen LogP contribution in [-0.2, 0) is 0 Å². The van der Waals surface area contributed by atoms with Crippen LogP contribution < -0.4 is 11.5 Å². The third-order valence-electron chi connectivity index (χ3n) is 1.52. The Hall–Kier alpha value is -1.55. The van der Waals surface area contributed by atoms with Gasteiger partial charge in [-0.05, 0) is 5.56 Å². The van der Waals surface area contributed by atoms with Crippen LogP contribution in [0, 0.1) is 0 Å². The zero-order valence-corrected chi connectivity index (χ0v) is 8.28. The third kappa shape index (κ3) is 3.06. The summed E-state index contributed by atoms with van der Waals surface area (Å²) in [5.41, 5.74) is 11.9. The molecule has 0 heterocycles. The van der Waals surface area contributed by atoms with Crippen molar-refractivity contribution in [3.8, 4) is 0 Å². The number of rotatable bonds is 3. The molecule has 1 aromatic rings. The molecule has 0 radical (unpaired) electrons. The second kappa shape index (κ2) is 5.24. The summed E-state index contributed by atoms with van der Waals surface area (Å²) in [6.07, 6.45) is 0. The number of alkyl halides is 1.